The molecule has 60 valence electrons. The molecule has 0 atom stereocenters. The fraction of sp³-hybridized carbons (Fsp3) is 1.00. The summed E-state index contributed by atoms with van der Waals surface area (Å²) >= 11 is 0. The maximum Gasteiger partial charge on any atom is 0.0575 e. The molecule has 1 heteroatoms. The molecule has 1 aliphatic carbocycles. The molecule has 0 aromatic heterocycles. The number of rotatable bonds is 0. The van der Waals surface area contributed by atoms with Crippen molar-refractivity contribution < 1.29 is 4.74 Å². The van der Waals surface area contributed by atoms with Crippen molar-refractivity contribution >= 4 is 0 Å². The molecule has 0 aromatic carbocycles. The third kappa shape index (κ3) is 1.72. The molecule has 2 saturated heterocycles. The first-order chi connectivity index (χ1) is 4.95. The SMILES string of the molecule is C1CC2CCC1CO2.CC. The van der Waals surface area contributed by atoms with Crippen LogP contribution in [0.15, 0.2) is 0 Å². The smallest absolute Gasteiger partial charge is 0.0575 e. The van der Waals surface area contributed by atoms with Gasteiger partial charge in [-0.3, -0.25) is 0 Å². The van der Waals surface area contributed by atoms with Gasteiger partial charge < -0.3 is 4.74 Å². The molecular weight excluding hydrogens is 124 g/mol. The number of ether oxygens (including phenoxy) is 1. The molecule has 2 heterocycles. The van der Waals surface area contributed by atoms with Crippen molar-refractivity contribution in [1.82, 2.24) is 0 Å². The van der Waals surface area contributed by atoms with Crippen molar-refractivity contribution in [1.29, 1.82) is 0 Å². The average Bonchev–Trinajstić information content (AvgIpc) is 2.11. The Kier molecular flexibility index (Phi) is 3.20. The molecule has 0 unspecified atom stereocenters. The maximum atomic E-state index is 5.48. The Morgan fingerprint density at radius 1 is 1.00 bits per heavy atom. The highest BCUT2D eigenvalue weighted by Crippen LogP contribution is 2.31. The van der Waals surface area contributed by atoms with Gasteiger partial charge in [0.2, 0.25) is 0 Å². The summed E-state index contributed by atoms with van der Waals surface area (Å²) in [7, 11) is 0. The zero-order chi connectivity index (χ0) is 7.40. The van der Waals surface area contributed by atoms with E-state index in [9.17, 15) is 0 Å². The lowest BCUT2D eigenvalue weighted by Crippen LogP contribution is -2.32. The van der Waals surface area contributed by atoms with Gasteiger partial charge in [-0.05, 0) is 31.6 Å². The van der Waals surface area contributed by atoms with E-state index in [4.69, 9.17) is 4.74 Å². The predicted molar refractivity (Wildman–Crippen MR) is 43.0 cm³/mol. The molecule has 0 amide bonds. The van der Waals surface area contributed by atoms with Crippen molar-refractivity contribution in [2.24, 2.45) is 5.92 Å². The van der Waals surface area contributed by atoms with Gasteiger partial charge in [0.15, 0.2) is 0 Å². The van der Waals surface area contributed by atoms with Gasteiger partial charge in [0.1, 0.15) is 0 Å². The Hall–Kier alpha value is -0.0400. The van der Waals surface area contributed by atoms with E-state index in [1.54, 1.807) is 0 Å². The quantitative estimate of drug-likeness (QED) is 0.505. The summed E-state index contributed by atoms with van der Waals surface area (Å²) in [4.78, 5) is 0. The number of hydrogen-bond donors (Lipinski definition) is 0. The highest BCUT2D eigenvalue weighted by atomic mass is 16.5. The van der Waals surface area contributed by atoms with Gasteiger partial charge in [-0.25, -0.2) is 0 Å². The van der Waals surface area contributed by atoms with Crippen LogP contribution in [-0.4, -0.2) is 12.7 Å². The topological polar surface area (TPSA) is 9.23 Å². The zero-order valence-corrected chi connectivity index (χ0v) is 7.10. The third-order valence-electron chi connectivity index (χ3n) is 2.36. The van der Waals surface area contributed by atoms with Crippen molar-refractivity contribution in [2.45, 2.75) is 45.6 Å². The molecule has 3 aliphatic rings. The third-order valence-corrected chi connectivity index (χ3v) is 2.36. The van der Waals surface area contributed by atoms with E-state index in [1.165, 1.54) is 25.7 Å². The molecule has 1 nitrogen and oxygen atoms in total. The van der Waals surface area contributed by atoms with Crippen LogP contribution in [0.4, 0.5) is 0 Å². The molecular formula is C9H18O. The van der Waals surface area contributed by atoms with Crippen LogP contribution in [0.1, 0.15) is 39.5 Å². The fourth-order valence-electron chi connectivity index (χ4n) is 1.74. The standard InChI is InChI=1S/C7H12O.C2H6/c1-3-7-4-2-6(1)5-8-7;1-2/h6-7H,1-5H2;1-2H3. The van der Waals surface area contributed by atoms with Crippen molar-refractivity contribution in [2.75, 3.05) is 6.61 Å². The van der Waals surface area contributed by atoms with E-state index >= 15 is 0 Å². The van der Waals surface area contributed by atoms with E-state index in [-0.39, 0.29) is 0 Å². The monoisotopic (exact) mass is 142 g/mol. The van der Waals surface area contributed by atoms with Gasteiger partial charge in [0.25, 0.3) is 0 Å². The summed E-state index contributed by atoms with van der Waals surface area (Å²) in [6.07, 6.45) is 6.20. The van der Waals surface area contributed by atoms with Crippen LogP contribution in [0.25, 0.3) is 0 Å². The Morgan fingerprint density at radius 2 is 1.60 bits per heavy atom. The maximum absolute atomic E-state index is 5.48. The van der Waals surface area contributed by atoms with E-state index in [0.717, 1.165) is 12.5 Å². The molecule has 0 spiro atoms. The summed E-state index contributed by atoms with van der Waals surface area (Å²) in [5.74, 6) is 0.931. The summed E-state index contributed by atoms with van der Waals surface area (Å²) in [6, 6.07) is 0. The van der Waals surface area contributed by atoms with E-state index < -0.39 is 0 Å². The van der Waals surface area contributed by atoms with Gasteiger partial charge in [-0.1, -0.05) is 13.8 Å². The minimum Gasteiger partial charge on any atom is -0.378 e. The first-order valence-electron chi connectivity index (χ1n) is 4.57. The Bertz CT molecular complexity index is 59.7. The number of hydrogen-bond acceptors (Lipinski definition) is 1. The lowest BCUT2D eigenvalue weighted by atomic mass is 9.85. The normalized spacial score (nSPS) is 36.6. The second-order valence-electron chi connectivity index (χ2n) is 2.98. The van der Waals surface area contributed by atoms with Crippen LogP contribution in [0.2, 0.25) is 0 Å². The lowest BCUT2D eigenvalue weighted by molar-refractivity contribution is -0.0615. The van der Waals surface area contributed by atoms with Gasteiger partial charge >= 0.3 is 0 Å². The minimum absolute atomic E-state index is 0.653. The van der Waals surface area contributed by atoms with E-state index in [2.05, 4.69) is 0 Å². The Morgan fingerprint density at radius 3 is 1.70 bits per heavy atom. The fourth-order valence-corrected chi connectivity index (χ4v) is 1.74. The molecule has 10 heavy (non-hydrogen) atoms. The molecule has 0 radical (unpaired) electrons. The van der Waals surface area contributed by atoms with Crippen LogP contribution < -0.4 is 0 Å². The summed E-state index contributed by atoms with van der Waals surface area (Å²) in [6.45, 7) is 5.06. The van der Waals surface area contributed by atoms with Gasteiger partial charge in [0, 0.05) is 6.61 Å². The largest absolute Gasteiger partial charge is 0.378 e. The molecule has 2 bridgehead atoms. The summed E-state index contributed by atoms with van der Waals surface area (Å²) < 4.78 is 5.48. The van der Waals surface area contributed by atoms with Crippen LogP contribution in [0.5, 0.6) is 0 Å². The Balaban J connectivity index is 0.000000231. The molecule has 0 N–H and O–H groups in total. The van der Waals surface area contributed by atoms with Crippen LogP contribution in [0, 0.1) is 5.92 Å². The summed E-state index contributed by atoms with van der Waals surface area (Å²) in [5.41, 5.74) is 0. The van der Waals surface area contributed by atoms with E-state index in [1.807, 2.05) is 13.8 Å². The number of fused-ring (bicyclic) bond motifs is 3. The molecule has 1 saturated carbocycles. The highest BCUT2D eigenvalue weighted by molar-refractivity contribution is 4.77. The first-order valence-corrected chi connectivity index (χ1v) is 4.57. The highest BCUT2D eigenvalue weighted by Gasteiger charge is 2.27. The van der Waals surface area contributed by atoms with Gasteiger partial charge in [-0.2, -0.15) is 0 Å². The van der Waals surface area contributed by atoms with Gasteiger partial charge in [0.05, 0.1) is 6.10 Å². The van der Waals surface area contributed by atoms with Crippen molar-refractivity contribution in [3.05, 3.63) is 0 Å². The minimum atomic E-state index is 0.653. The van der Waals surface area contributed by atoms with Crippen LogP contribution >= 0.6 is 0 Å². The van der Waals surface area contributed by atoms with Gasteiger partial charge in [-0.15, -0.1) is 0 Å². The van der Waals surface area contributed by atoms with E-state index in [0.29, 0.717) is 6.10 Å². The molecule has 3 rings (SSSR count). The zero-order valence-electron chi connectivity index (χ0n) is 7.10. The van der Waals surface area contributed by atoms with Crippen molar-refractivity contribution in [3.63, 3.8) is 0 Å². The van der Waals surface area contributed by atoms with Crippen molar-refractivity contribution in [3.8, 4) is 0 Å². The second-order valence-corrected chi connectivity index (χ2v) is 2.98. The molecule has 2 aliphatic heterocycles. The van der Waals surface area contributed by atoms with Crippen LogP contribution in [-0.2, 0) is 4.74 Å². The summed E-state index contributed by atoms with van der Waals surface area (Å²) in [5, 5.41) is 0. The Labute approximate surface area is 63.8 Å². The second kappa shape index (κ2) is 3.97. The predicted octanol–water partition coefficient (Wildman–Crippen LogP) is 2.60. The first kappa shape index (κ1) is 8.06. The lowest BCUT2D eigenvalue weighted by Gasteiger charge is -2.35. The average molecular weight is 142 g/mol. The molecule has 0 aromatic rings. The van der Waals surface area contributed by atoms with Crippen LogP contribution in [0.3, 0.4) is 0 Å². The molecule has 3 fully saturated rings.